The van der Waals surface area contributed by atoms with Gasteiger partial charge >= 0.3 is 0 Å². The van der Waals surface area contributed by atoms with E-state index in [4.69, 9.17) is 16.6 Å². The SMILES string of the molecule is CN(C)Cc1ccc(N=C(c2ccc3nccn3c2)C2C(=O)Nc3cc(Cl)ccc32)cc1. The number of fused-ring (bicyclic) bond motifs is 2. The molecule has 4 aromatic rings. The maximum absolute atomic E-state index is 13.1. The number of nitrogens with zero attached hydrogens (tertiary/aromatic N) is 4. The molecular weight excluding hydrogens is 422 g/mol. The number of aliphatic imine (C=N–C) groups is 1. The molecule has 1 unspecified atom stereocenters. The largest absolute Gasteiger partial charge is 0.325 e. The summed E-state index contributed by atoms with van der Waals surface area (Å²) in [5, 5.41) is 3.54. The van der Waals surface area contributed by atoms with Crippen LogP contribution in [0.3, 0.4) is 0 Å². The van der Waals surface area contributed by atoms with Crippen LogP contribution in [0.4, 0.5) is 11.4 Å². The molecule has 1 amide bonds. The number of pyridine rings is 1. The van der Waals surface area contributed by atoms with Crippen molar-refractivity contribution in [2.24, 2.45) is 4.99 Å². The molecule has 2 aromatic heterocycles. The van der Waals surface area contributed by atoms with Crippen LogP contribution in [0.1, 0.15) is 22.6 Å². The van der Waals surface area contributed by atoms with Gasteiger partial charge < -0.3 is 14.6 Å². The third kappa shape index (κ3) is 3.90. The zero-order valence-electron chi connectivity index (χ0n) is 17.8. The van der Waals surface area contributed by atoms with E-state index >= 15 is 0 Å². The fraction of sp³-hybridized carbons (Fsp3) is 0.160. The highest BCUT2D eigenvalue weighted by Gasteiger charge is 2.35. The molecular formula is C25H22ClN5O. The molecule has 0 aliphatic carbocycles. The van der Waals surface area contributed by atoms with E-state index in [0.29, 0.717) is 10.7 Å². The Balaban J connectivity index is 1.63. The molecule has 160 valence electrons. The fourth-order valence-electron chi connectivity index (χ4n) is 4.05. The van der Waals surface area contributed by atoms with Crippen LogP contribution in [-0.4, -0.2) is 40.0 Å². The average Bonchev–Trinajstić information content (AvgIpc) is 3.35. The van der Waals surface area contributed by atoms with Gasteiger partial charge in [-0.3, -0.25) is 9.79 Å². The predicted octanol–water partition coefficient (Wildman–Crippen LogP) is 4.91. The molecule has 1 aliphatic heterocycles. The zero-order valence-corrected chi connectivity index (χ0v) is 18.5. The number of imidazole rings is 1. The normalized spacial score (nSPS) is 15.9. The number of hydrogen-bond donors (Lipinski definition) is 1. The molecule has 3 heterocycles. The number of aromatic nitrogens is 2. The highest BCUT2D eigenvalue weighted by molar-refractivity contribution is 6.31. The number of carbonyl (C=O) groups excluding carboxylic acids is 1. The molecule has 0 saturated heterocycles. The van der Waals surface area contributed by atoms with Crippen molar-refractivity contribution in [2.45, 2.75) is 12.5 Å². The van der Waals surface area contributed by atoms with Crippen molar-refractivity contribution < 1.29 is 4.79 Å². The van der Waals surface area contributed by atoms with Gasteiger partial charge in [0.1, 0.15) is 11.6 Å². The number of amides is 1. The molecule has 6 nitrogen and oxygen atoms in total. The van der Waals surface area contributed by atoms with Crippen molar-refractivity contribution in [2.75, 3.05) is 19.4 Å². The first kappa shape index (κ1) is 20.4. The van der Waals surface area contributed by atoms with E-state index < -0.39 is 5.92 Å². The maximum Gasteiger partial charge on any atom is 0.238 e. The van der Waals surface area contributed by atoms with Crippen LogP contribution >= 0.6 is 11.6 Å². The lowest BCUT2D eigenvalue weighted by molar-refractivity contribution is -0.115. The van der Waals surface area contributed by atoms with E-state index in [-0.39, 0.29) is 5.91 Å². The Bertz CT molecular complexity index is 1340. The number of halogens is 1. The number of hydrogen-bond acceptors (Lipinski definition) is 4. The Morgan fingerprint density at radius 1 is 1.16 bits per heavy atom. The van der Waals surface area contributed by atoms with E-state index in [1.165, 1.54) is 5.56 Å². The van der Waals surface area contributed by atoms with Gasteiger partial charge in [0, 0.05) is 41.4 Å². The Labute approximate surface area is 191 Å². The molecule has 0 radical (unpaired) electrons. The monoisotopic (exact) mass is 443 g/mol. The van der Waals surface area contributed by atoms with Crippen LogP contribution in [0.25, 0.3) is 5.65 Å². The van der Waals surface area contributed by atoms with Crippen molar-refractivity contribution in [3.8, 4) is 0 Å². The van der Waals surface area contributed by atoms with Gasteiger partial charge in [0.2, 0.25) is 5.91 Å². The van der Waals surface area contributed by atoms with Crippen LogP contribution in [0.15, 0.2) is 78.2 Å². The molecule has 0 saturated carbocycles. The van der Waals surface area contributed by atoms with Gasteiger partial charge in [-0.05, 0) is 61.6 Å². The quantitative estimate of drug-likeness (QED) is 0.446. The summed E-state index contributed by atoms with van der Waals surface area (Å²) in [4.78, 5) is 24.5. The molecule has 2 aromatic carbocycles. The highest BCUT2D eigenvalue weighted by Crippen LogP contribution is 2.37. The van der Waals surface area contributed by atoms with Crippen LogP contribution in [0.2, 0.25) is 5.02 Å². The molecule has 7 heteroatoms. The first-order valence-corrected chi connectivity index (χ1v) is 10.7. The van der Waals surface area contributed by atoms with Gasteiger partial charge in [0.05, 0.1) is 11.4 Å². The minimum Gasteiger partial charge on any atom is -0.325 e. The minimum absolute atomic E-state index is 0.115. The lowest BCUT2D eigenvalue weighted by Gasteiger charge is -2.15. The van der Waals surface area contributed by atoms with Crippen molar-refractivity contribution in [1.82, 2.24) is 14.3 Å². The second kappa shape index (κ2) is 8.22. The Hall–Kier alpha value is -3.48. The number of anilines is 1. The van der Waals surface area contributed by atoms with Crippen LogP contribution in [0.5, 0.6) is 0 Å². The predicted molar refractivity (Wildman–Crippen MR) is 128 cm³/mol. The van der Waals surface area contributed by atoms with Gasteiger partial charge in [-0.25, -0.2) is 4.98 Å². The van der Waals surface area contributed by atoms with E-state index in [2.05, 4.69) is 27.3 Å². The molecule has 1 atom stereocenters. The Morgan fingerprint density at radius 3 is 2.75 bits per heavy atom. The summed E-state index contributed by atoms with van der Waals surface area (Å²) in [6, 6.07) is 17.5. The molecule has 0 bridgehead atoms. The topological polar surface area (TPSA) is 62.0 Å². The third-order valence-corrected chi connectivity index (χ3v) is 5.72. The van der Waals surface area contributed by atoms with E-state index in [1.54, 1.807) is 18.3 Å². The van der Waals surface area contributed by atoms with E-state index in [0.717, 1.165) is 34.7 Å². The summed E-state index contributed by atoms with van der Waals surface area (Å²) in [6.45, 7) is 0.854. The van der Waals surface area contributed by atoms with Crippen LogP contribution in [-0.2, 0) is 11.3 Å². The summed E-state index contributed by atoms with van der Waals surface area (Å²) in [5.74, 6) is -0.652. The molecule has 0 spiro atoms. The average molecular weight is 444 g/mol. The van der Waals surface area contributed by atoms with Gasteiger partial charge in [0.15, 0.2) is 0 Å². The molecule has 5 rings (SSSR count). The first-order chi connectivity index (χ1) is 15.5. The van der Waals surface area contributed by atoms with Gasteiger partial charge in [-0.2, -0.15) is 0 Å². The summed E-state index contributed by atoms with van der Waals surface area (Å²) >= 11 is 6.15. The Kier molecular flexibility index (Phi) is 5.25. The van der Waals surface area contributed by atoms with Crippen molar-refractivity contribution in [1.29, 1.82) is 0 Å². The highest BCUT2D eigenvalue weighted by atomic mass is 35.5. The standard InChI is InChI=1S/C25H22ClN5O/c1-30(2)14-16-3-7-19(8-4-16)28-24(17-5-10-22-27-11-12-31(22)15-17)23-20-9-6-18(26)13-21(20)29-25(23)32/h3-13,15,23H,14H2,1-2H3,(H,29,32). The zero-order chi connectivity index (χ0) is 22.2. The molecule has 0 fully saturated rings. The number of rotatable bonds is 5. The molecule has 1 N–H and O–H groups in total. The van der Waals surface area contributed by atoms with Crippen molar-refractivity contribution >= 4 is 40.2 Å². The van der Waals surface area contributed by atoms with E-state index in [9.17, 15) is 4.79 Å². The summed E-state index contributed by atoms with van der Waals surface area (Å²) < 4.78 is 1.93. The lowest BCUT2D eigenvalue weighted by atomic mass is 9.91. The summed E-state index contributed by atoms with van der Waals surface area (Å²) in [5.41, 5.74) is 5.97. The van der Waals surface area contributed by atoms with Crippen molar-refractivity contribution in [3.63, 3.8) is 0 Å². The maximum atomic E-state index is 13.1. The van der Waals surface area contributed by atoms with Crippen LogP contribution in [0, 0.1) is 0 Å². The number of carbonyl (C=O) groups is 1. The molecule has 32 heavy (non-hydrogen) atoms. The third-order valence-electron chi connectivity index (χ3n) is 5.49. The van der Waals surface area contributed by atoms with Gasteiger partial charge in [-0.15, -0.1) is 0 Å². The van der Waals surface area contributed by atoms with Crippen LogP contribution < -0.4 is 5.32 Å². The summed E-state index contributed by atoms with van der Waals surface area (Å²) in [6.07, 6.45) is 5.59. The summed E-state index contributed by atoms with van der Waals surface area (Å²) in [7, 11) is 4.08. The minimum atomic E-state index is -0.537. The Morgan fingerprint density at radius 2 is 1.97 bits per heavy atom. The smallest absolute Gasteiger partial charge is 0.238 e. The first-order valence-electron chi connectivity index (χ1n) is 10.3. The van der Waals surface area contributed by atoms with Crippen molar-refractivity contribution in [3.05, 3.63) is 94.9 Å². The second-order valence-electron chi connectivity index (χ2n) is 8.17. The van der Waals surface area contributed by atoms with Gasteiger partial charge in [0.25, 0.3) is 0 Å². The molecule has 1 aliphatic rings. The second-order valence-corrected chi connectivity index (χ2v) is 8.60. The van der Waals surface area contributed by atoms with Gasteiger partial charge in [-0.1, -0.05) is 29.8 Å². The fourth-order valence-corrected chi connectivity index (χ4v) is 4.23. The lowest BCUT2D eigenvalue weighted by Crippen LogP contribution is -2.22. The van der Waals surface area contributed by atoms with E-state index in [1.807, 2.05) is 61.2 Å². The number of nitrogens with one attached hydrogen (secondary N) is 1. The number of benzene rings is 2.